The second kappa shape index (κ2) is 13.3. The predicted molar refractivity (Wildman–Crippen MR) is 189 cm³/mol. The van der Waals surface area contributed by atoms with Crippen LogP contribution in [0.1, 0.15) is 23.3 Å². The Balaban J connectivity index is 1.37. The fourth-order valence-corrected chi connectivity index (χ4v) is 11.5. The molecule has 0 saturated heterocycles. The van der Waals surface area contributed by atoms with Crippen LogP contribution in [0.5, 0.6) is 11.5 Å². The third-order valence-electron chi connectivity index (χ3n) is 8.46. The van der Waals surface area contributed by atoms with Crippen LogP contribution >= 0.6 is 15.8 Å². The lowest BCUT2D eigenvalue weighted by molar-refractivity contribution is -0.427. The number of ether oxygens (including phenoxy) is 4. The number of hydrogen-bond acceptors (Lipinski definition) is 4. The summed E-state index contributed by atoms with van der Waals surface area (Å²) >= 11 is 0. The Labute approximate surface area is 288 Å². The Hall–Kier alpha value is -4.58. The molecule has 8 rings (SSSR count). The molecule has 0 bridgehead atoms. The molecule has 0 aliphatic carbocycles. The van der Waals surface area contributed by atoms with E-state index in [1.54, 1.807) is 12.1 Å². The van der Waals surface area contributed by atoms with Crippen molar-refractivity contribution in [1.29, 1.82) is 0 Å². The maximum absolute atomic E-state index is 15.5. The summed E-state index contributed by atoms with van der Waals surface area (Å²) in [5, 5.41) is 4.93. The minimum Gasteiger partial charge on any atom is -0.409 e. The average Bonchev–Trinajstić information content (AvgIpc) is 3.12. The molecule has 0 aromatic heterocycles. The van der Waals surface area contributed by atoms with Gasteiger partial charge in [-0.15, -0.1) is 17.6 Å². The third kappa shape index (κ3) is 6.29. The molecule has 0 fully saturated rings. The molecule has 2 heterocycles. The van der Waals surface area contributed by atoms with E-state index in [0.717, 1.165) is 21.2 Å². The van der Waals surface area contributed by atoms with E-state index in [4.69, 9.17) is 18.9 Å². The molecule has 2 aliphatic heterocycles. The Morgan fingerprint density at radius 2 is 0.680 bits per heavy atom. The third-order valence-corrected chi connectivity index (χ3v) is 13.5. The second-order valence-electron chi connectivity index (χ2n) is 11.6. The van der Waals surface area contributed by atoms with Gasteiger partial charge in [-0.25, -0.2) is 0 Å². The van der Waals surface area contributed by atoms with Gasteiger partial charge >= 0.3 is 12.6 Å². The summed E-state index contributed by atoms with van der Waals surface area (Å²) in [7, 11) is -2.80. The molecule has 6 aromatic rings. The Kier molecular flexibility index (Phi) is 8.66. The number of alkyl halides is 4. The monoisotopic (exact) mass is 710 g/mol. The van der Waals surface area contributed by atoms with Crippen LogP contribution in [0.3, 0.4) is 0 Å². The van der Waals surface area contributed by atoms with Gasteiger partial charge in [0.05, 0.1) is 0 Å². The maximum atomic E-state index is 15.5. The average molecular weight is 711 g/mol. The molecule has 0 amide bonds. The zero-order valence-corrected chi connectivity index (χ0v) is 28.0. The van der Waals surface area contributed by atoms with E-state index < -0.39 is 40.6 Å². The van der Waals surface area contributed by atoms with Gasteiger partial charge in [-0.3, -0.25) is 9.47 Å². The van der Waals surface area contributed by atoms with Gasteiger partial charge in [0.1, 0.15) is 23.7 Å². The number of rotatable bonds is 7. The second-order valence-corrected chi connectivity index (χ2v) is 16.0. The number of halogens is 4. The van der Waals surface area contributed by atoms with E-state index in [0.29, 0.717) is 10.6 Å². The Bertz CT molecular complexity index is 1870. The molecule has 1 unspecified atom stereocenters. The van der Waals surface area contributed by atoms with E-state index in [1.807, 2.05) is 133 Å². The van der Waals surface area contributed by atoms with E-state index in [1.165, 1.54) is 12.1 Å². The summed E-state index contributed by atoms with van der Waals surface area (Å²) in [6, 6.07) is 48.3. The van der Waals surface area contributed by atoms with Crippen molar-refractivity contribution in [3.05, 3.63) is 169 Å². The molecule has 0 radical (unpaired) electrons. The number of fused-ring (bicyclic) bond motifs is 2. The van der Waals surface area contributed by atoms with Crippen LogP contribution in [0, 0.1) is 0 Å². The van der Waals surface area contributed by atoms with Crippen molar-refractivity contribution < 1.29 is 36.5 Å². The fourth-order valence-electron chi connectivity index (χ4n) is 6.51. The summed E-state index contributed by atoms with van der Waals surface area (Å²) < 4.78 is 83.2. The number of benzene rings is 6. The minimum atomic E-state index is -4.14. The first-order chi connectivity index (χ1) is 24.3. The van der Waals surface area contributed by atoms with Crippen molar-refractivity contribution >= 4 is 47.7 Å². The smallest absolute Gasteiger partial charge is 0.409 e. The zero-order chi connectivity index (χ0) is 34.3. The molecule has 0 spiro atoms. The molecule has 10 heteroatoms. The lowest BCUT2D eigenvalue weighted by Gasteiger charge is -2.42. The molecule has 2 atom stereocenters. The Morgan fingerprint density at radius 3 is 0.980 bits per heavy atom. The van der Waals surface area contributed by atoms with E-state index >= 15 is 17.6 Å². The summed E-state index contributed by atoms with van der Waals surface area (Å²) in [6.45, 7) is 0. The lowest BCUT2D eigenvalue weighted by Crippen LogP contribution is -2.45. The van der Waals surface area contributed by atoms with Crippen LogP contribution in [0.25, 0.3) is 0 Å². The molecular weight excluding hydrogens is 682 g/mol. The summed E-state index contributed by atoms with van der Waals surface area (Å²) in [6.07, 6.45) is -11.7. The van der Waals surface area contributed by atoms with Crippen molar-refractivity contribution in [3.63, 3.8) is 0 Å². The van der Waals surface area contributed by atoms with E-state index in [2.05, 4.69) is 0 Å². The molecule has 0 N–H and O–H groups in total. The van der Waals surface area contributed by atoms with Gasteiger partial charge in [0, 0.05) is 11.1 Å². The van der Waals surface area contributed by atoms with Gasteiger partial charge in [0.25, 0.3) is 0 Å². The zero-order valence-electron chi connectivity index (χ0n) is 26.2. The van der Waals surface area contributed by atoms with Crippen LogP contribution in [-0.2, 0) is 9.47 Å². The Morgan fingerprint density at radius 1 is 0.380 bits per heavy atom. The van der Waals surface area contributed by atoms with Crippen molar-refractivity contribution in [2.24, 2.45) is 0 Å². The SMILES string of the molecule is FC1(F)Oc2cccc(P(c3ccccc3)c3ccccc3)c2C([C@H]2OC(F)(F)Oc3cccc(P(c4ccccc4)c4ccccc4)c32)O1. The van der Waals surface area contributed by atoms with Crippen molar-refractivity contribution in [2.45, 2.75) is 24.8 Å². The topological polar surface area (TPSA) is 36.9 Å². The fraction of sp³-hybridized carbons (Fsp3) is 0.100. The van der Waals surface area contributed by atoms with E-state index in [9.17, 15) is 0 Å². The largest absolute Gasteiger partial charge is 0.535 e. The quantitative estimate of drug-likeness (QED) is 0.125. The van der Waals surface area contributed by atoms with Gasteiger partial charge < -0.3 is 9.47 Å². The van der Waals surface area contributed by atoms with Crippen molar-refractivity contribution in [1.82, 2.24) is 0 Å². The highest BCUT2D eigenvalue weighted by atomic mass is 31.1. The van der Waals surface area contributed by atoms with Gasteiger partial charge in [-0.2, -0.15) is 0 Å². The summed E-state index contributed by atoms with van der Waals surface area (Å²) in [5.74, 6) is -0.345. The van der Waals surface area contributed by atoms with Crippen molar-refractivity contribution in [2.75, 3.05) is 0 Å². The van der Waals surface area contributed by atoms with Gasteiger partial charge in [0.15, 0.2) is 0 Å². The molecule has 2 aliphatic rings. The summed E-state index contributed by atoms with van der Waals surface area (Å²) in [4.78, 5) is 0. The molecule has 250 valence electrons. The molecule has 50 heavy (non-hydrogen) atoms. The van der Waals surface area contributed by atoms with Crippen LogP contribution in [-0.4, -0.2) is 12.6 Å². The normalized spacial score (nSPS) is 18.8. The first-order valence-electron chi connectivity index (χ1n) is 15.8. The summed E-state index contributed by atoms with van der Waals surface area (Å²) in [5.41, 5.74) is 0.425. The maximum Gasteiger partial charge on any atom is 0.535 e. The highest BCUT2D eigenvalue weighted by Gasteiger charge is 2.55. The lowest BCUT2D eigenvalue weighted by atomic mass is 9.95. The molecular formula is C40H28F4O4P2. The standard InChI is InChI=1S/C40H28F4O4P2/c41-39(42)45-31-23-13-25-33(49(27-15-5-1-6-16-27)28-17-7-2-8-18-28)35(31)37(47-39)38-36-32(46-40(43,44)48-38)24-14-26-34(36)50(29-19-9-3-10-20-29)30-21-11-4-12-22-30/h1-26,37-38H/t37-,38?/m0/s1. The van der Waals surface area contributed by atoms with Crippen LogP contribution in [0.2, 0.25) is 0 Å². The molecule has 6 aromatic carbocycles. The van der Waals surface area contributed by atoms with Crippen LogP contribution < -0.4 is 41.3 Å². The molecule has 4 nitrogen and oxygen atoms in total. The van der Waals surface area contributed by atoms with Crippen molar-refractivity contribution in [3.8, 4) is 11.5 Å². The first kappa shape index (κ1) is 32.6. The van der Waals surface area contributed by atoms with Gasteiger partial charge in [0.2, 0.25) is 0 Å². The highest BCUT2D eigenvalue weighted by molar-refractivity contribution is 7.80. The van der Waals surface area contributed by atoms with E-state index in [-0.39, 0.29) is 22.6 Å². The van der Waals surface area contributed by atoms with Gasteiger partial charge in [-0.05, 0) is 59.8 Å². The first-order valence-corrected chi connectivity index (χ1v) is 18.5. The van der Waals surface area contributed by atoms with Crippen LogP contribution in [0.4, 0.5) is 17.6 Å². The number of hydrogen-bond donors (Lipinski definition) is 0. The predicted octanol–water partition coefficient (Wildman–Crippen LogP) is 7.90. The van der Waals surface area contributed by atoms with Gasteiger partial charge in [-0.1, -0.05) is 146 Å². The highest BCUT2D eigenvalue weighted by Crippen LogP contribution is 2.55. The minimum absolute atomic E-state index is 0.172. The van der Waals surface area contributed by atoms with Crippen LogP contribution in [0.15, 0.2) is 158 Å². The molecule has 0 saturated carbocycles.